The number of carbonyl (C=O) groups excluding carboxylic acids is 2. The van der Waals surface area contributed by atoms with Gasteiger partial charge >= 0.3 is 0 Å². The molecule has 0 fully saturated rings. The molecule has 1 N–H and O–H groups in total. The largest absolute Gasteiger partial charge is 0.327 e. The summed E-state index contributed by atoms with van der Waals surface area (Å²) in [4.78, 5) is 28.0. The predicted octanol–water partition coefficient (Wildman–Crippen LogP) is 5.65. The second kappa shape index (κ2) is 10.4. The summed E-state index contributed by atoms with van der Waals surface area (Å²) in [6.45, 7) is 7.70. The molecule has 0 saturated carbocycles. The highest BCUT2D eigenvalue weighted by atomic mass is 16.2. The van der Waals surface area contributed by atoms with Crippen LogP contribution in [-0.2, 0) is 4.79 Å². The first-order valence-electron chi connectivity index (χ1n) is 11.7. The lowest BCUT2D eigenvalue weighted by Gasteiger charge is -2.26. The third-order valence-corrected chi connectivity index (χ3v) is 5.88. The Balaban J connectivity index is 1.69. The van der Waals surface area contributed by atoms with Crippen LogP contribution in [0.1, 0.15) is 35.5 Å². The molecule has 0 aliphatic carbocycles. The molecule has 0 atom stereocenters. The quantitative estimate of drug-likeness (QED) is 0.383. The summed E-state index contributed by atoms with van der Waals surface area (Å²) >= 11 is 0. The minimum Gasteiger partial charge on any atom is -0.327 e. The number of nitrogens with zero attached hydrogens (tertiary/aromatic N) is 3. The van der Waals surface area contributed by atoms with E-state index in [1.807, 2.05) is 100 Å². The Morgan fingerprint density at radius 3 is 2.09 bits per heavy atom. The number of carbonyl (C=O) groups is 2. The summed E-state index contributed by atoms with van der Waals surface area (Å²) in [7, 11) is 0. The zero-order chi connectivity index (χ0) is 24.9. The van der Waals surface area contributed by atoms with Crippen LogP contribution >= 0.6 is 0 Å². The second-order valence-corrected chi connectivity index (χ2v) is 8.86. The summed E-state index contributed by atoms with van der Waals surface area (Å²) in [6, 6.07) is 26.7. The molecule has 4 aromatic rings. The number of hydrogen-bond acceptors (Lipinski definition) is 3. The first kappa shape index (κ1) is 24.0. The predicted molar refractivity (Wildman–Crippen MR) is 140 cm³/mol. The van der Waals surface area contributed by atoms with Crippen molar-refractivity contribution >= 4 is 17.6 Å². The van der Waals surface area contributed by atoms with Gasteiger partial charge in [0.1, 0.15) is 12.4 Å². The summed E-state index contributed by atoms with van der Waals surface area (Å²) in [5, 5.41) is 7.83. The summed E-state index contributed by atoms with van der Waals surface area (Å²) in [5.41, 5.74) is 5.15. The van der Waals surface area contributed by atoms with Gasteiger partial charge in [-0.05, 0) is 57.5 Å². The van der Waals surface area contributed by atoms with Crippen molar-refractivity contribution in [1.29, 1.82) is 0 Å². The molecular formula is C29H30N4O2. The van der Waals surface area contributed by atoms with Gasteiger partial charge in [0.05, 0.1) is 11.4 Å². The van der Waals surface area contributed by atoms with E-state index in [1.54, 1.807) is 21.7 Å². The molecule has 6 nitrogen and oxygen atoms in total. The van der Waals surface area contributed by atoms with Crippen molar-refractivity contribution in [3.63, 3.8) is 0 Å². The first-order chi connectivity index (χ1) is 16.8. The van der Waals surface area contributed by atoms with E-state index in [-0.39, 0.29) is 24.4 Å². The highest BCUT2D eigenvalue weighted by Gasteiger charge is 2.24. The van der Waals surface area contributed by atoms with Gasteiger partial charge in [-0.3, -0.25) is 9.59 Å². The van der Waals surface area contributed by atoms with Crippen molar-refractivity contribution in [2.24, 2.45) is 0 Å². The van der Waals surface area contributed by atoms with E-state index >= 15 is 0 Å². The number of amides is 2. The van der Waals surface area contributed by atoms with E-state index in [4.69, 9.17) is 5.10 Å². The van der Waals surface area contributed by atoms with E-state index in [1.165, 1.54) is 0 Å². The van der Waals surface area contributed by atoms with Crippen molar-refractivity contribution < 1.29 is 9.59 Å². The Bertz CT molecular complexity index is 1310. The fourth-order valence-corrected chi connectivity index (χ4v) is 4.03. The van der Waals surface area contributed by atoms with Crippen LogP contribution in [0.15, 0.2) is 84.9 Å². The molecule has 0 aliphatic rings. The maximum Gasteiger partial charge on any atom is 0.254 e. The Kier molecular flexibility index (Phi) is 7.11. The monoisotopic (exact) mass is 466 g/mol. The molecule has 0 aliphatic heterocycles. The van der Waals surface area contributed by atoms with Gasteiger partial charge in [0.25, 0.3) is 5.91 Å². The molecule has 1 aromatic heterocycles. The molecule has 6 heteroatoms. The van der Waals surface area contributed by atoms with Gasteiger partial charge in [0.15, 0.2) is 0 Å². The van der Waals surface area contributed by atoms with E-state index in [0.29, 0.717) is 11.4 Å². The van der Waals surface area contributed by atoms with Crippen LogP contribution in [0.25, 0.3) is 16.8 Å². The number of benzene rings is 3. The Hall–Kier alpha value is -4.19. The van der Waals surface area contributed by atoms with Crippen LogP contribution in [0.5, 0.6) is 0 Å². The van der Waals surface area contributed by atoms with Gasteiger partial charge in [0.2, 0.25) is 5.91 Å². The first-order valence-corrected chi connectivity index (χ1v) is 11.7. The molecule has 0 spiro atoms. The highest BCUT2D eigenvalue weighted by Crippen LogP contribution is 2.33. The van der Waals surface area contributed by atoms with Crippen LogP contribution in [0.4, 0.5) is 5.82 Å². The lowest BCUT2D eigenvalue weighted by molar-refractivity contribution is -0.117. The normalized spacial score (nSPS) is 10.9. The number of nitrogens with one attached hydrogen (secondary N) is 1. The average molecular weight is 467 g/mol. The zero-order valence-corrected chi connectivity index (χ0v) is 20.5. The van der Waals surface area contributed by atoms with E-state index in [0.717, 1.165) is 28.1 Å². The van der Waals surface area contributed by atoms with Gasteiger partial charge in [-0.2, -0.15) is 5.10 Å². The fourth-order valence-electron chi connectivity index (χ4n) is 4.03. The summed E-state index contributed by atoms with van der Waals surface area (Å²) in [6.07, 6.45) is 0. The van der Waals surface area contributed by atoms with Gasteiger partial charge in [-0.1, -0.05) is 66.2 Å². The molecule has 178 valence electrons. The van der Waals surface area contributed by atoms with Gasteiger partial charge in [-0.15, -0.1) is 0 Å². The number of hydrogen-bond donors (Lipinski definition) is 1. The Labute approximate surface area is 206 Å². The molecular weight excluding hydrogens is 436 g/mol. The van der Waals surface area contributed by atoms with Crippen LogP contribution in [0, 0.1) is 13.8 Å². The van der Waals surface area contributed by atoms with E-state index in [2.05, 4.69) is 5.32 Å². The number of aryl methyl sites for hydroxylation is 2. The molecule has 1 heterocycles. The van der Waals surface area contributed by atoms with Crippen LogP contribution in [-0.4, -0.2) is 39.1 Å². The van der Waals surface area contributed by atoms with Gasteiger partial charge < -0.3 is 10.2 Å². The van der Waals surface area contributed by atoms with Gasteiger partial charge in [-0.25, -0.2) is 4.68 Å². The average Bonchev–Trinajstić information content (AvgIpc) is 3.18. The SMILES string of the molecule is Cc1ccc(-n2nc(C)c(-c3ccccc3)c2NC(=O)CN(C(=O)c2ccccc2)C(C)C)cc1. The lowest BCUT2D eigenvalue weighted by Crippen LogP contribution is -2.42. The third kappa shape index (κ3) is 5.32. The minimum atomic E-state index is -0.284. The van der Waals surface area contributed by atoms with Crippen molar-refractivity contribution in [1.82, 2.24) is 14.7 Å². The maximum absolute atomic E-state index is 13.3. The molecule has 4 rings (SSSR count). The van der Waals surface area contributed by atoms with Crippen molar-refractivity contribution in [3.8, 4) is 16.8 Å². The number of aromatic nitrogens is 2. The van der Waals surface area contributed by atoms with E-state index < -0.39 is 0 Å². The summed E-state index contributed by atoms with van der Waals surface area (Å²) < 4.78 is 1.76. The van der Waals surface area contributed by atoms with Crippen molar-refractivity contribution in [3.05, 3.63) is 102 Å². The molecule has 3 aromatic carbocycles. The van der Waals surface area contributed by atoms with Gasteiger partial charge in [0, 0.05) is 17.2 Å². The van der Waals surface area contributed by atoms with Crippen molar-refractivity contribution in [2.45, 2.75) is 33.7 Å². The van der Waals surface area contributed by atoms with Crippen LogP contribution < -0.4 is 5.32 Å². The second-order valence-electron chi connectivity index (χ2n) is 8.86. The molecule has 0 unspecified atom stereocenters. The topological polar surface area (TPSA) is 67.2 Å². The maximum atomic E-state index is 13.3. The highest BCUT2D eigenvalue weighted by molar-refractivity contribution is 6.01. The summed E-state index contributed by atoms with van der Waals surface area (Å²) in [5.74, 6) is 0.120. The third-order valence-electron chi connectivity index (χ3n) is 5.88. The minimum absolute atomic E-state index is 0.0717. The molecule has 35 heavy (non-hydrogen) atoms. The Morgan fingerprint density at radius 2 is 1.49 bits per heavy atom. The standard InChI is InChI=1S/C29H30N4O2/c1-20(2)32(29(35)24-13-9-6-10-14-24)19-26(34)30-28-27(23-11-7-5-8-12-23)22(4)31-33(28)25-17-15-21(3)16-18-25/h5-18,20H,19H2,1-4H3,(H,30,34). The van der Waals surface area contributed by atoms with E-state index in [9.17, 15) is 9.59 Å². The zero-order valence-electron chi connectivity index (χ0n) is 20.5. The van der Waals surface area contributed by atoms with Crippen LogP contribution in [0.2, 0.25) is 0 Å². The fraction of sp³-hybridized carbons (Fsp3) is 0.207. The number of anilines is 1. The number of rotatable bonds is 7. The van der Waals surface area contributed by atoms with Crippen LogP contribution in [0.3, 0.4) is 0 Å². The molecule has 0 radical (unpaired) electrons. The molecule has 0 saturated heterocycles. The molecule has 2 amide bonds. The lowest BCUT2D eigenvalue weighted by atomic mass is 10.1. The molecule has 0 bridgehead atoms. The van der Waals surface area contributed by atoms with Crippen molar-refractivity contribution in [2.75, 3.05) is 11.9 Å². The smallest absolute Gasteiger partial charge is 0.254 e. The Morgan fingerprint density at radius 1 is 0.886 bits per heavy atom.